The van der Waals surface area contributed by atoms with Crippen LogP contribution in [0.15, 0.2) is 115 Å². The Labute approximate surface area is 157 Å². The molecule has 26 heavy (non-hydrogen) atoms. The molecule has 0 aliphatic heterocycles. The van der Waals surface area contributed by atoms with Gasteiger partial charge in [-0.05, 0) is 22.0 Å². The summed E-state index contributed by atoms with van der Waals surface area (Å²) in [5, 5.41) is 4.44. The van der Waals surface area contributed by atoms with E-state index in [-0.39, 0.29) is 0 Å². The molecule has 0 bridgehead atoms. The number of hydrogen-bond donors (Lipinski definition) is 0. The largest absolute Gasteiger partial charge is 0.158 e. The van der Waals surface area contributed by atoms with Crippen molar-refractivity contribution in [3.8, 4) is 0 Å². The van der Waals surface area contributed by atoms with Crippen LogP contribution in [0, 0.1) is 0 Å². The zero-order chi connectivity index (χ0) is 17.8. The van der Waals surface area contributed by atoms with E-state index in [9.17, 15) is 0 Å². The minimum absolute atomic E-state index is 0.458. The highest BCUT2D eigenvalue weighted by molar-refractivity contribution is 7.13. The van der Waals surface area contributed by atoms with Gasteiger partial charge in [-0.1, -0.05) is 122 Å². The van der Waals surface area contributed by atoms with Crippen LogP contribution in [0.1, 0.15) is 13.3 Å². The SMILES string of the molecule is CCC1=CC=CC1[Si](c1ccccc1)(c1ccccc1)c1ccccc1. The van der Waals surface area contributed by atoms with Gasteiger partial charge in [-0.2, -0.15) is 0 Å². The third kappa shape index (κ3) is 2.69. The molecule has 0 aromatic heterocycles. The van der Waals surface area contributed by atoms with Crippen molar-refractivity contribution in [2.24, 2.45) is 0 Å². The van der Waals surface area contributed by atoms with Gasteiger partial charge in [-0.3, -0.25) is 0 Å². The Balaban J connectivity index is 2.08. The molecule has 1 atom stereocenters. The third-order valence-corrected chi connectivity index (χ3v) is 10.8. The molecule has 0 saturated carbocycles. The lowest BCUT2D eigenvalue weighted by Gasteiger charge is -2.39. The molecule has 1 heteroatoms. The maximum atomic E-state index is 2.44. The van der Waals surface area contributed by atoms with Crippen molar-refractivity contribution in [1.82, 2.24) is 0 Å². The molecule has 128 valence electrons. The lowest BCUT2D eigenvalue weighted by molar-refractivity contribution is 1.03. The second kappa shape index (κ2) is 7.31. The molecular formula is C25H24Si. The molecule has 0 heterocycles. The van der Waals surface area contributed by atoms with Gasteiger partial charge in [-0.15, -0.1) is 0 Å². The Morgan fingerprint density at radius 2 is 1.08 bits per heavy atom. The molecule has 0 saturated heterocycles. The van der Waals surface area contributed by atoms with Gasteiger partial charge in [0.15, 0.2) is 8.07 Å². The summed E-state index contributed by atoms with van der Waals surface area (Å²) in [6.45, 7) is 2.28. The summed E-state index contributed by atoms with van der Waals surface area (Å²) in [6, 6.07) is 33.6. The van der Waals surface area contributed by atoms with Crippen molar-refractivity contribution >= 4 is 23.6 Å². The normalized spacial score (nSPS) is 16.5. The zero-order valence-corrected chi connectivity index (χ0v) is 16.2. The maximum Gasteiger partial charge on any atom is 0.158 e. The quantitative estimate of drug-likeness (QED) is 0.471. The van der Waals surface area contributed by atoms with E-state index in [2.05, 4.69) is 116 Å². The second-order valence-corrected chi connectivity index (χ2v) is 10.8. The molecule has 0 N–H and O–H groups in total. The van der Waals surface area contributed by atoms with Crippen LogP contribution < -0.4 is 15.6 Å². The van der Waals surface area contributed by atoms with Crippen LogP contribution in [-0.2, 0) is 0 Å². The number of hydrogen-bond acceptors (Lipinski definition) is 0. The summed E-state index contributed by atoms with van der Waals surface area (Å²) in [5.41, 5.74) is 2.01. The molecular weight excluding hydrogens is 328 g/mol. The number of benzene rings is 3. The minimum Gasteiger partial charge on any atom is -0.0790 e. The van der Waals surface area contributed by atoms with E-state index < -0.39 is 8.07 Å². The summed E-state index contributed by atoms with van der Waals surface area (Å²) >= 11 is 0. The first-order chi connectivity index (χ1) is 12.9. The summed E-state index contributed by atoms with van der Waals surface area (Å²) in [7, 11) is -2.23. The van der Waals surface area contributed by atoms with E-state index in [1.165, 1.54) is 15.6 Å². The van der Waals surface area contributed by atoms with Crippen LogP contribution in [0.2, 0.25) is 5.54 Å². The van der Waals surface area contributed by atoms with Crippen LogP contribution in [0.25, 0.3) is 0 Å². The van der Waals surface area contributed by atoms with Crippen molar-refractivity contribution in [3.63, 3.8) is 0 Å². The molecule has 4 rings (SSSR count). The molecule has 3 aromatic carbocycles. The van der Waals surface area contributed by atoms with E-state index in [1.54, 1.807) is 5.57 Å². The average molecular weight is 353 g/mol. The first-order valence-corrected chi connectivity index (χ1v) is 11.5. The fourth-order valence-electron chi connectivity index (χ4n) is 4.42. The van der Waals surface area contributed by atoms with Crippen LogP contribution in [0.3, 0.4) is 0 Å². The molecule has 1 aliphatic carbocycles. The van der Waals surface area contributed by atoms with Crippen molar-refractivity contribution in [2.45, 2.75) is 18.9 Å². The van der Waals surface area contributed by atoms with E-state index in [4.69, 9.17) is 0 Å². The van der Waals surface area contributed by atoms with E-state index >= 15 is 0 Å². The fourth-order valence-corrected chi connectivity index (χ4v) is 9.91. The van der Waals surface area contributed by atoms with Gasteiger partial charge >= 0.3 is 0 Å². The Kier molecular flexibility index (Phi) is 4.72. The molecule has 0 spiro atoms. The lowest BCUT2D eigenvalue weighted by Crippen LogP contribution is -2.69. The van der Waals surface area contributed by atoms with E-state index in [0.29, 0.717) is 5.54 Å². The topological polar surface area (TPSA) is 0 Å². The molecule has 0 fully saturated rings. The first-order valence-electron chi connectivity index (χ1n) is 9.41. The predicted molar refractivity (Wildman–Crippen MR) is 115 cm³/mol. The van der Waals surface area contributed by atoms with E-state index in [1.807, 2.05) is 0 Å². The van der Waals surface area contributed by atoms with Crippen molar-refractivity contribution in [1.29, 1.82) is 0 Å². The Morgan fingerprint density at radius 3 is 1.46 bits per heavy atom. The second-order valence-electron chi connectivity index (χ2n) is 6.86. The molecule has 0 nitrogen and oxygen atoms in total. The smallest absolute Gasteiger partial charge is 0.0790 e. The average Bonchev–Trinajstić information content (AvgIpc) is 3.20. The first kappa shape index (κ1) is 16.8. The third-order valence-electron chi connectivity index (χ3n) is 5.58. The zero-order valence-electron chi connectivity index (χ0n) is 15.2. The number of allylic oxidation sites excluding steroid dienone is 4. The predicted octanol–water partition coefficient (Wildman–Crippen LogP) is 4.43. The number of rotatable bonds is 5. The highest BCUT2D eigenvalue weighted by Crippen LogP contribution is 2.36. The molecule has 0 radical (unpaired) electrons. The van der Waals surface area contributed by atoms with Gasteiger partial charge in [0.2, 0.25) is 0 Å². The van der Waals surface area contributed by atoms with E-state index in [0.717, 1.165) is 6.42 Å². The molecule has 1 unspecified atom stereocenters. The monoisotopic (exact) mass is 352 g/mol. The van der Waals surface area contributed by atoms with Crippen molar-refractivity contribution < 1.29 is 0 Å². The summed E-state index contributed by atoms with van der Waals surface area (Å²) < 4.78 is 0. The Bertz CT molecular complexity index is 811. The standard InChI is InChI=1S/C25H24Si/c1-2-21-13-12-20-25(21)26(22-14-6-3-7-15-22,23-16-8-4-9-17-23)24-18-10-5-11-19-24/h3-20,25H,2H2,1H3. The highest BCUT2D eigenvalue weighted by Gasteiger charge is 2.46. The van der Waals surface area contributed by atoms with Crippen LogP contribution in [0.4, 0.5) is 0 Å². The molecule has 0 amide bonds. The Morgan fingerprint density at radius 1 is 0.654 bits per heavy atom. The van der Waals surface area contributed by atoms with Gasteiger partial charge in [0.25, 0.3) is 0 Å². The van der Waals surface area contributed by atoms with Gasteiger partial charge in [0.05, 0.1) is 0 Å². The fraction of sp³-hybridized carbons (Fsp3) is 0.120. The highest BCUT2D eigenvalue weighted by atomic mass is 28.3. The summed E-state index contributed by atoms with van der Waals surface area (Å²) in [4.78, 5) is 0. The molecule has 3 aromatic rings. The maximum absolute atomic E-state index is 2.44. The summed E-state index contributed by atoms with van der Waals surface area (Å²) in [5.74, 6) is 0. The summed E-state index contributed by atoms with van der Waals surface area (Å²) in [6.07, 6.45) is 8.14. The van der Waals surface area contributed by atoms with Gasteiger partial charge in [0.1, 0.15) is 0 Å². The van der Waals surface area contributed by atoms with Crippen LogP contribution in [0.5, 0.6) is 0 Å². The van der Waals surface area contributed by atoms with Gasteiger partial charge in [-0.25, -0.2) is 0 Å². The van der Waals surface area contributed by atoms with Gasteiger partial charge in [0, 0.05) is 5.54 Å². The minimum atomic E-state index is -2.23. The van der Waals surface area contributed by atoms with Crippen LogP contribution >= 0.6 is 0 Å². The van der Waals surface area contributed by atoms with Crippen molar-refractivity contribution in [2.75, 3.05) is 0 Å². The van der Waals surface area contributed by atoms with Crippen molar-refractivity contribution in [3.05, 3.63) is 115 Å². The van der Waals surface area contributed by atoms with Gasteiger partial charge < -0.3 is 0 Å². The Hall–Kier alpha value is -2.64. The van der Waals surface area contributed by atoms with Crippen LogP contribution in [-0.4, -0.2) is 8.07 Å². The molecule has 1 aliphatic rings. The lowest BCUT2D eigenvalue weighted by atomic mass is 10.2.